The van der Waals surface area contributed by atoms with Gasteiger partial charge >= 0.3 is 0 Å². The number of oxazole rings is 1. The predicted octanol–water partition coefficient (Wildman–Crippen LogP) is 8.49. The van der Waals surface area contributed by atoms with Gasteiger partial charge < -0.3 is 53.4 Å². The number of rotatable bonds is 4. The first kappa shape index (κ1) is 49.7. The molecule has 0 fully saturated rings. The topological polar surface area (TPSA) is 183 Å². The second-order valence-electron chi connectivity index (χ2n) is 13.7. The predicted molar refractivity (Wildman–Crippen MR) is 239 cm³/mol. The molecule has 0 N–H and O–H groups in total. The van der Waals surface area contributed by atoms with Crippen molar-refractivity contribution in [2.75, 3.05) is 0 Å². The molecule has 0 aliphatic heterocycles. The molecular formula is C46H32N14OPt4S-4. The molecule has 0 aliphatic carbocycles. The third-order valence-corrected chi connectivity index (χ3v) is 10.4. The van der Waals surface area contributed by atoms with Crippen LogP contribution in [0.1, 0.15) is 0 Å². The van der Waals surface area contributed by atoms with Crippen LogP contribution in [-0.4, -0.2) is 49.0 Å². The average Bonchev–Trinajstić information content (AvgIpc) is 4.16. The fourth-order valence-corrected chi connectivity index (χ4v) is 7.18. The van der Waals surface area contributed by atoms with Crippen LogP contribution in [0.4, 0.5) is 0 Å². The number of nitrogens with zero attached hydrogens (tertiary/aromatic N) is 14. The molecule has 8 heterocycles. The van der Waals surface area contributed by atoms with E-state index in [2.05, 4.69) is 65.9 Å². The van der Waals surface area contributed by atoms with Crippen molar-refractivity contribution in [1.82, 2.24) is 68.9 Å². The molecule has 13 rings (SSSR count). The zero-order valence-electron chi connectivity index (χ0n) is 34.4. The van der Waals surface area contributed by atoms with Crippen molar-refractivity contribution in [3.8, 4) is 45.8 Å². The van der Waals surface area contributed by atoms with E-state index in [9.17, 15) is 0 Å². The van der Waals surface area contributed by atoms with Gasteiger partial charge in [-0.1, -0.05) is 109 Å². The van der Waals surface area contributed by atoms with Crippen LogP contribution in [0.5, 0.6) is 0 Å². The van der Waals surface area contributed by atoms with Crippen molar-refractivity contribution in [1.29, 1.82) is 0 Å². The number of para-hydroxylation sites is 10. The molecule has 8 aromatic heterocycles. The van der Waals surface area contributed by atoms with Gasteiger partial charge in [-0.2, -0.15) is 0 Å². The Morgan fingerprint density at radius 1 is 0.455 bits per heavy atom. The van der Waals surface area contributed by atoms with Gasteiger partial charge in [-0.15, -0.1) is 11.3 Å². The van der Waals surface area contributed by atoms with Crippen LogP contribution < -0.4 is 19.9 Å². The van der Waals surface area contributed by atoms with Gasteiger partial charge in [0.2, 0.25) is 5.89 Å². The summed E-state index contributed by atoms with van der Waals surface area (Å²) < 4.78 is 9.06. The summed E-state index contributed by atoms with van der Waals surface area (Å²) in [5.41, 5.74) is 9.28. The second kappa shape index (κ2) is 22.6. The van der Waals surface area contributed by atoms with Crippen LogP contribution in [0.2, 0.25) is 0 Å². The van der Waals surface area contributed by atoms with E-state index in [4.69, 9.17) is 4.42 Å². The van der Waals surface area contributed by atoms with E-state index in [0.29, 0.717) is 23.4 Å². The van der Waals surface area contributed by atoms with E-state index in [1.165, 1.54) is 6.26 Å². The molecule has 342 valence electrons. The third-order valence-electron chi connectivity index (χ3n) is 9.59. The molecular weight excluding hydrogens is 1580 g/mol. The molecule has 66 heavy (non-hydrogen) atoms. The quantitative estimate of drug-likeness (QED) is 0.164. The van der Waals surface area contributed by atoms with Gasteiger partial charge in [0.25, 0.3) is 0 Å². The SMILES string of the molecule is Cn1c(-c2nc3ccccc3[n-]2)nc2ccccc21.Cn1ccnc1-c1nc2ccccc2[n-]1.[Pt].[Pt].[Pt].[Pt].c1ccc2[n-]c(-c3ncco3)nc2c1.c1ccc2[n-]c(-c3nccs3)nc2c1. The summed E-state index contributed by atoms with van der Waals surface area (Å²) in [4.78, 5) is 52.3. The van der Waals surface area contributed by atoms with Gasteiger partial charge in [0.1, 0.15) is 22.9 Å². The maximum atomic E-state index is 5.11. The van der Waals surface area contributed by atoms with Crippen LogP contribution in [0.15, 0.2) is 162 Å². The molecule has 0 radical (unpaired) electrons. The van der Waals surface area contributed by atoms with Gasteiger partial charge in [0.15, 0.2) is 0 Å². The van der Waals surface area contributed by atoms with Crippen molar-refractivity contribution in [3.63, 3.8) is 0 Å². The Labute approximate surface area is 437 Å². The first-order valence-electron chi connectivity index (χ1n) is 19.3. The number of hydrogen-bond acceptors (Lipinski definition) is 10. The Hall–Kier alpha value is -5.75. The van der Waals surface area contributed by atoms with E-state index in [-0.39, 0.29) is 84.3 Å². The van der Waals surface area contributed by atoms with E-state index in [1.54, 1.807) is 29.9 Å². The summed E-state index contributed by atoms with van der Waals surface area (Å²) in [7, 11) is 3.93. The number of imidazole rings is 6. The minimum Gasteiger partial charge on any atom is -0.445 e. The first-order valence-corrected chi connectivity index (χ1v) is 20.2. The number of fused-ring (bicyclic) bond motifs is 5. The van der Waals surface area contributed by atoms with Crippen LogP contribution in [0.25, 0.3) is 101 Å². The van der Waals surface area contributed by atoms with Crippen LogP contribution in [-0.2, 0) is 98.4 Å². The Morgan fingerprint density at radius 3 is 1.39 bits per heavy atom. The van der Waals surface area contributed by atoms with Crippen molar-refractivity contribution in [3.05, 3.63) is 158 Å². The average molecular weight is 1610 g/mol. The number of aromatic nitrogens is 14. The Morgan fingerprint density at radius 2 is 0.924 bits per heavy atom. The smallest absolute Gasteiger partial charge is 0.217 e. The van der Waals surface area contributed by atoms with Crippen molar-refractivity contribution in [2.45, 2.75) is 0 Å². The Bertz CT molecular complexity index is 3320. The van der Waals surface area contributed by atoms with Gasteiger partial charge in [0, 0.05) is 128 Å². The van der Waals surface area contributed by atoms with E-state index in [1.807, 2.05) is 150 Å². The zero-order chi connectivity index (χ0) is 41.8. The summed E-state index contributed by atoms with van der Waals surface area (Å²) >= 11 is 1.56. The number of hydrogen-bond donors (Lipinski definition) is 0. The fraction of sp³-hybridized carbons (Fsp3) is 0.0435. The maximum absolute atomic E-state index is 5.11. The van der Waals surface area contributed by atoms with Gasteiger partial charge in [-0.25, -0.2) is 19.9 Å². The monoisotopic (exact) mass is 1610 g/mol. The summed E-state index contributed by atoms with van der Waals surface area (Å²) in [6.45, 7) is 0. The summed E-state index contributed by atoms with van der Waals surface area (Å²) in [6, 6.07) is 39.3. The number of thiazole rings is 1. The van der Waals surface area contributed by atoms with E-state index < -0.39 is 0 Å². The zero-order valence-corrected chi connectivity index (χ0v) is 44.3. The molecule has 15 nitrogen and oxygen atoms in total. The first-order chi connectivity index (χ1) is 30.5. The molecule has 20 heteroatoms. The second-order valence-corrected chi connectivity index (χ2v) is 14.6. The molecule has 5 aromatic carbocycles. The number of benzene rings is 5. The normalized spacial score (nSPS) is 10.4. The van der Waals surface area contributed by atoms with Crippen molar-refractivity contribution >= 4 is 66.5 Å². The van der Waals surface area contributed by atoms with Crippen molar-refractivity contribution < 1.29 is 88.7 Å². The van der Waals surface area contributed by atoms with Gasteiger partial charge in [-0.3, -0.25) is 0 Å². The largest absolute Gasteiger partial charge is 0.445 e. The van der Waals surface area contributed by atoms with Gasteiger partial charge in [-0.05, 0) is 73.7 Å². The molecule has 0 saturated heterocycles. The standard InChI is InChI=1S/C15H11N4.C11H9N4.C10H6N3O.C10H6N3S.4Pt/c1-19-13-9-5-4-8-12(13)18-15(19)14-16-10-6-2-3-7-11(10)17-14;1-15-7-6-12-11(15)10-13-8-4-2-3-5-9(8)14-10;2*1-2-4-8-7(3-1)12-9(13-8)10-11-5-6-14-10;;;;/h2-9H,1H3;2-7H,1H3;2*1-6H;;;;/q4*-1;;;;. The maximum Gasteiger partial charge on any atom is 0.217 e. The molecule has 0 amide bonds. The molecule has 13 aromatic rings. The minimum atomic E-state index is 0. The van der Waals surface area contributed by atoms with Crippen LogP contribution >= 0.6 is 11.3 Å². The van der Waals surface area contributed by atoms with Gasteiger partial charge in [0.05, 0.1) is 17.2 Å². The third kappa shape index (κ3) is 10.8. The summed E-state index contributed by atoms with van der Waals surface area (Å²) in [6.07, 6.45) is 8.49. The van der Waals surface area contributed by atoms with E-state index in [0.717, 1.165) is 77.6 Å². The Kier molecular flexibility index (Phi) is 17.0. The summed E-state index contributed by atoms with van der Waals surface area (Å²) in [5, 5.41) is 2.80. The van der Waals surface area contributed by atoms with Crippen molar-refractivity contribution in [2.24, 2.45) is 14.1 Å². The Balaban J connectivity index is 0.000000144. The van der Waals surface area contributed by atoms with E-state index >= 15 is 0 Å². The van der Waals surface area contributed by atoms with Crippen LogP contribution in [0, 0.1) is 0 Å². The number of aryl methyl sites for hydroxylation is 2. The molecule has 0 bridgehead atoms. The summed E-state index contributed by atoms with van der Waals surface area (Å²) in [5.74, 6) is 4.69. The molecule has 0 unspecified atom stereocenters. The molecule has 0 aliphatic rings. The van der Waals surface area contributed by atoms with Crippen LogP contribution in [0.3, 0.4) is 0 Å². The molecule has 0 atom stereocenters. The minimum absolute atomic E-state index is 0. The molecule has 0 spiro atoms. The fourth-order valence-electron chi connectivity index (χ4n) is 6.61. The molecule has 0 saturated carbocycles.